The minimum Gasteiger partial charge on any atom is -0.464 e. The molecule has 1 aromatic rings. The zero-order valence-corrected chi connectivity index (χ0v) is 11.5. The summed E-state index contributed by atoms with van der Waals surface area (Å²) in [5.74, 6) is -0.00289. The van der Waals surface area contributed by atoms with Gasteiger partial charge < -0.3 is 20.4 Å². The van der Waals surface area contributed by atoms with Crippen LogP contribution in [0, 0.1) is 0 Å². The second-order valence-electron chi connectivity index (χ2n) is 4.04. The van der Waals surface area contributed by atoms with Gasteiger partial charge in [0.2, 0.25) is 5.91 Å². The minimum atomic E-state index is -0.597. The van der Waals surface area contributed by atoms with Crippen molar-refractivity contribution in [1.82, 2.24) is 14.9 Å². The van der Waals surface area contributed by atoms with Crippen LogP contribution in [0.25, 0.3) is 0 Å². The third kappa shape index (κ3) is 3.46. The lowest BCUT2D eigenvalue weighted by Gasteiger charge is -2.09. The number of nitrogen functional groups attached to an aromatic ring is 1. The monoisotopic (exact) mass is 268 g/mol. The second-order valence-corrected chi connectivity index (χ2v) is 4.04. The van der Waals surface area contributed by atoms with Gasteiger partial charge in [0.15, 0.2) is 5.69 Å². The van der Waals surface area contributed by atoms with Gasteiger partial charge in [-0.2, -0.15) is 0 Å². The topological polar surface area (TPSA) is 99.2 Å². The quantitative estimate of drug-likeness (QED) is 0.725. The summed E-state index contributed by atoms with van der Waals surface area (Å²) in [4.78, 5) is 27.3. The second kappa shape index (κ2) is 6.77. The fourth-order valence-corrected chi connectivity index (χ4v) is 1.67. The number of rotatable bonds is 6. The number of nitrogens with one attached hydrogen (secondary N) is 1. The number of hydrogen-bond acceptors (Lipinski definition) is 5. The number of methoxy groups -OCH3 is 1. The molecular formula is C12H20N4O3. The van der Waals surface area contributed by atoms with E-state index < -0.39 is 5.97 Å². The van der Waals surface area contributed by atoms with E-state index in [0.29, 0.717) is 18.8 Å². The molecule has 0 aliphatic carbocycles. The number of esters is 1. The molecule has 1 amide bonds. The highest BCUT2D eigenvalue weighted by atomic mass is 16.5. The number of nitrogens with zero attached hydrogens (tertiary/aromatic N) is 2. The molecule has 0 spiro atoms. The molecule has 0 atom stereocenters. The molecule has 106 valence electrons. The van der Waals surface area contributed by atoms with Crippen molar-refractivity contribution in [2.24, 2.45) is 0 Å². The minimum absolute atomic E-state index is 0.0546. The maximum Gasteiger partial charge on any atom is 0.360 e. The standard InChI is InChI=1S/C12H20N4O3/c1-4-6-14-9(17)7-16-8(5-2)15-10(11(16)13)12(18)19-3/h4-7,13H2,1-3H3,(H,14,17). The molecule has 0 aliphatic rings. The summed E-state index contributed by atoms with van der Waals surface area (Å²) in [6, 6.07) is 0. The SMILES string of the molecule is CCCNC(=O)Cn1c(CC)nc(C(=O)OC)c1N. The number of aryl methyl sites for hydroxylation is 1. The summed E-state index contributed by atoms with van der Waals surface area (Å²) in [5, 5.41) is 2.75. The summed E-state index contributed by atoms with van der Waals surface area (Å²) >= 11 is 0. The molecule has 0 saturated carbocycles. The number of ether oxygens (including phenoxy) is 1. The smallest absolute Gasteiger partial charge is 0.360 e. The first kappa shape index (κ1) is 15.0. The van der Waals surface area contributed by atoms with Gasteiger partial charge in [-0.1, -0.05) is 13.8 Å². The Morgan fingerprint density at radius 2 is 2.11 bits per heavy atom. The van der Waals surface area contributed by atoms with E-state index in [9.17, 15) is 9.59 Å². The molecule has 7 nitrogen and oxygen atoms in total. The van der Waals surface area contributed by atoms with Gasteiger partial charge in [0.25, 0.3) is 0 Å². The van der Waals surface area contributed by atoms with Crippen LogP contribution in [0.5, 0.6) is 0 Å². The zero-order valence-electron chi connectivity index (χ0n) is 11.5. The molecule has 1 heterocycles. The van der Waals surface area contributed by atoms with E-state index >= 15 is 0 Å². The third-order valence-electron chi connectivity index (χ3n) is 2.65. The number of amides is 1. The Labute approximate surface area is 112 Å². The van der Waals surface area contributed by atoms with Gasteiger partial charge in [0.05, 0.1) is 7.11 Å². The molecule has 0 radical (unpaired) electrons. The van der Waals surface area contributed by atoms with Crippen molar-refractivity contribution in [3.8, 4) is 0 Å². The maximum absolute atomic E-state index is 11.7. The number of aromatic nitrogens is 2. The van der Waals surface area contributed by atoms with Crippen LogP contribution in [-0.4, -0.2) is 35.1 Å². The molecule has 1 aromatic heterocycles. The van der Waals surface area contributed by atoms with Gasteiger partial charge in [-0.25, -0.2) is 9.78 Å². The molecule has 0 unspecified atom stereocenters. The predicted molar refractivity (Wildman–Crippen MR) is 70.7 cm³/mol. The maximum atomic E-state index is 11.7. The van der Waals surface area contributed by atoms with E-state index in [1.807, 2.05) is 13.8 Å². The molecule has 0 saturated heterocycles. The lowest BCUT2D eigenvalue weighted by Crippen LogP contribution is -2.29. The van der Waals surface area contributed by atoms with Crippen LogP contribution >= 0.6 is 0 Å². The number of hydrogen-bond donors (Lipinski definition) is 2. The lowest BCUT2D eigenvalue weighted by atomic mass is 10.4. The predicted octanol–water partition coefficient (Wildman–Crippen LogP) is 0.341. The van der Waals surface area contributed by atoms with Crippen molar-refractivity contribution in [2.45, 2.75) is 33.2 Å². The summed E-state index contributed by atoms with van der Waals surface area (Å²) in [6.07, 6.45) is 1.43. The van der Waals surface area contributed by atoms with Crippen molar-refractivity contribution in [3.63, 3.8) is 0 Å². The highest BCUT2D eigenvalue weighted by Crippen LogP contribution is 2.16. The average Bonchev–Trinajstić information content (AvgIpc) is 2.72. The first-order chi connectivity index (χ1) is 9.04. The Hall–Kier alpha value is -2.05. The van der Waals surface area contributed by atoms with Gasteiger partial charge in [-0.05, 0) is 6.42 Å². The highest BCUT2D eigenvalue weighted by Gasteiger charge is 2.21. The van der Waals surface area contributed by atoms with Crippen LogP contribution in [0.2, 0.25) is 0 Å². The van der Waals surface area contributed by atoms with Crippen LogP contribution in [0.3, 0.4) is 0 Å². The fraction of sp³-hybridized carbons (Fsp3) is 0.583. The van der Waals surface area contributed by atoms with Crippen molar-refractivity contribution < 1.29 is 14.3 Å². The zero-order chi connectivity index (χ0) is 14.4. The molecule has 0 aliphatic heterocycles. The molecule has 19 heavy (non-hydrogen) atoms. The first-order valence-electron chi connectivity index (χ1n) is 6.24. The molecular weight excluding hydrogens is 248 g/mol. The van der Waals surface area contributed by atoms with Crippen molar-refractivity contribution in [2.75, 3.05) is 19.4 Å². The van der Waals surface area contributed by atoms with Gasteiger partial charge in [-0.15, -0.1) is 0 Å². The summed E-state index contributed by atoms with van der Waals surface area (Å²) < 4.78 is 6.14. The summed E-state index contributed by atoms with van der Waals surface area (Å²) in [6.45, 7) is 4.51. The molecule has 0 aromatic carbocycles. The summed E-state index contributed by atoms with van der Waals surface area (Å²) in [5.41, 5.74) is 5.91. The van der Waals surface area contributed by atoms with Gasteiger partial charge in [0.1, 0.15) is 18.2 Å². The van der Waals surface area contributed by atoms with Gasteiger partial charge >= 0.3 is 5.97 Å². The van der Waals surface area contributed by atoms with E-state index in [4.69, 9.17) is 5.73 Å². The molecule has 7 heteroatoms. The Kier molecular flexibility index (Phi) is 5.35. The van der Waals surface area contributed by atoms with E-state index in [-0.39, 0.29) is 24.0 Å². The molecule has 1 rings (SSSR count). The van der Waals surface area contributed by atoms with Gasteiger partial charge in [0, 0.05) is 13.0 Å². The number of imidazole rings is 1. The largest absolute Gasteiger partial charge is 0.464 e. The van der Waals surface area contributed by atoms with Gasteiger partial charge in [-0.3, -0.25) is 4.79 Å². The number of carbonyl (C=O) groups is 2. The van der Waals surface area contributed by atoms with E-state index in [1.165, 1.54) is 11.7 Å². The van der Waals surface area contributed by atoms with Crippen molar-refractivity contribution >= 4 is 17.7 Å². The Balaban J connectivity index is 2.96. The molecule has 0 bridgehead atoms. The lowest BCUT2D eigenvalue weighted by molar-refractivity contribution is -0.121. The Bertz CT molecular complexity index is 468. The third-order valence-corrected chi connectivity index (χ3v) is 2.65. The van der Waals surface area contributed by atoms with Crippen LogP contribution in [0.1, 0.15) is 36.6 Å². The average molecular weight is 268 g/mol. The van der Waals surface area contributed by atoms with E-state index in [1.54, 1.807) is 0 Å². The van der Waals surface area contributed by atoms with E-state index in [2.05, 4.69) is 15.0 Å². The van der Waals surface area contributed by atoms with Crippen LogP contribution in [0.15, 0.2) is 0 Å². The van der Waals surface area contributed by atoms with E-state index in [0.717, 1.165) is 6.42 Å². The summed E-state index contributed by atoms with van der Waals surface area (Å²) in [7, 11) is 1.26. The van der Waals surface area contributed by atoms with Crippen LogP contribution < -0.4 is 11.1 Å². The fourth-order valence-electron chi connectivity index (χ4n) is 1.67. The molecule has 3 N–H and O–H groups in total. The normalized spacial score (nSPS) is 10.3. The van der Waals surface area contributed by atoms with Crippen molar-refractivity contribution in [1.29, 1.82) is 0 Å². The number of anilines is 1. The number of nitrogens with two attached hydrogens (primary N) is 1. The Morgan fingerprint density at radius 1 is 1.42 bits per heavy atom. The first-order valence-corrected chi connectivity index (χ1v) is 6.24. The Morgan fingerprint density at radius 3 is 2.63 bits per heavy atom. The van der Waals surface area contributed by atoms with Crippen molar-refractivity contribution in [3.05, 3.63) is 11.5 Å². The van der Waals surface area contributed by atoms with Crippen LogP contribution in [-0.2, 0) is 22.5 Å². The van der Waals surface area contributed by atoms with Crippen LogP contribution in [0.4, 0.5) is 5.82 Å². The molecule has 0 fully saturated rings. The highest BCUT2D eigenvalue weighted by molar-refractivity contribution is 5.92. The number of carbonyl (C=O) groups excluding carboxylic acids is 2.